The molecular formula is C13H21N3O3S. The van der Waals surface area contributed by atoms with E-state index in [1.54, 1.807) is 12.1 Å². The van der Waals surface area contributed by atoms with Crippen molar-refractivity contribution in [2.24, 2.45) is 5.14 Å². The van der Waals surface area contributed by atoms with Crippen molar-refractivity contribution in [3.8, 4) is 0 Å². The fourth-order valence-electron chi connectivity index (χ4n) is 2.47. The Kier molecular flexibility index (Phi) is 3.95. The number of nitrogens with two attached hydrogens (primary N) is 2. The summed E-state index contributed by atoms with van der Waals surface area (Å²) < 4.78 is 28.9. The van der Waals surface area contributed by atoms with E-state index >= 15 is 0 Å². The Bertz CT molecular complexity index is 599. The van der Waals surface area contributed by atoms with E-state index in [0.29, 0.717) is 18.0 Å². The fraction of sp³-hybridized carbons (Fsp3) is 0.538. The number of rotatable bonds is 3. The van der Waals surface area contributed by atoms with Crippen LogP contribution >= 0.6 is 0 Å². The molecule has 0 saturated carbocycles. The highest BCUT2D eigenvalue weighted by Gasteiger charge is 2.29. The van der Waals surface area contributed by atoms with E-state index in [2.05, 4.69) is 5.32 Å². The Morgan fingerprint density at radius 1 is 1.40 bits per heavy atom. The maximum absolute atomic E-state index is 11.6. The zero-order valence-corrected chi connectivity index (χ0v) is 12.5. The van der Waals surface area contributed by atoms with Crippen molar-refractivity contribution in [1.29, 1.82) is 0 Å². The summed E-state index contributed by atoms with van der Waals surface area (Å²) in [5, 5.41) is 8.48. The molecule has 7 heteroatoms. The van der Waals surface area contributed by atoms with Crippen LogP contribution in [-0.2, 0) is 14.8 Å². The molecule has 0 aliphatic carbocycles. The molecule has 0 aromatic heterocycles. The van der Waals surface area contributed by atoms with E-state index < -0.39 is 10.0 Å². The van der Waals surface area contributed by atoms with Crippen molar-refractivity contribution in [3.63, 3.8) is 0 Å². The zero-order chi connectivity index (χ0) is 15.0. The van der Waals surface area contributed by atoms with Crippen LogP contribution in [0.25, 0.3) is 0 Å². The number of anilines is 2. The number of nitrogen functional groups attached to an aromatic ring is 1. The molecule has 0 bridgehead atoms. The Hall–Kier alpha value is -1.31. The number of benzene rings is 1. The van der Waals surface area contributed by atoms with Crippen LogP contribution in [0.4, 0.5) is 11.4 Å². The van der Waals surface area contributed by atoms with E-state index in [1.165, 1.54) is 6.07 Å². The second-order valence-corrected chi connectivity index (χ2v) is 7.27. The van der Waals surface area contributed by atoms with Crippen molar-refractivity contribution >= 4 is 21.4 Å². The summed E-state index contributed by atoms with van der Waals surface area (Å²) in [7, 11) is -3.81. The average Bonchev–Trinajstić information content (AvgIpc) is 2.29. The highest BCUT2D eigenvalue weighted by molar-refractivity contribution is 7.89. The zero-order valence-electron chi connectivity index (χ0n) is 11.7. The molecule has 1 fully saturated rings. The predicted octanol–water partition coefficient (Wildman–Crippen LogP) is 1.29. The van der Waals surface area contributed by atoms with E-state index in [-0.39, 0.29) is 16.5 Å². The molecule has 0 amide bonds. The summed E-state index contributed by atoms with van der Waals surface area (Å²) in [6.07, 6.45) is 1.61. The van der Waals surface area contributed by atoms with Crippen LogP contribution in [0, 0.1) is 0 Å². The van der Waals surface area contributed by atoms with Crippen molar-refractivity contribution in [3.05, 3.63) is 18.2 Å². The highest BCUT2D eigenvalue weighted by Crippen LogP contribution is 2.29. The number of hydrogen-bond donors (Lipinski definition) is 3. The summed E-state index contributed by atoms with van der Waals surface area (Å²) in [5.74, 6) is 0. The number of ether oxygens (including phenoxy) is 1. The van der Waals surface area contributed by atoms with Gasteiger partial charge in [0.05, 0.1) is 11.3 Å². The van der Waals surface area contributed by atoms with Gasteiger partial charge in [-0.25, -0.2) is 13.6 Å². The van der Waals surface area contributed by atoms with Gasteiger partial charge in [0.25, 0.3) is 0 Å². The monoisotopic (exact) mass is 299 g/mol. The molecule has 1 aromatic rings. The van der Waals surface area contributed by atoms with Crippen LogP contribution in [0.3, 0.4) is 0 Å². The van der Waals surface area contributed by atoms with Crippen LogP contribution in [0.2, 0.25) is 0 Å². The smallest absolute Gasteiger partial charge is 0.240 e. The number of hydrogen-bond acceptors (Lipinski definition) is 5. The van der Waals surface area contributed by atoms with Crippen molar-refractivity contribution in [1.82, 2.24) is 0 Å². The van der Waals surface area contributed by atoms with E-state index in [9.17, 15) is 8.42 Å². The standard InChI is InChI=1S/C13H21N3O3S/c1-13(2)8-10(5-6-19-13)16-11-4-3-9(14)7-12(11)20(15,17)18/h3-4,7,10,16H,5-6,8,14H2,1-2H3,(H2,15,17,18). The molecule has 0 spiro atoms. The molecule has 1 aliphatic rings. The molecule has 1 unspecified atom stereocenters. The normalized spacial score (nSPS) is 22.4. The van der Waals surface area contributed by atoms with Gasteiger partial charge in [-0.3, -0.25) is 0 Å². The fourth-order valence-corrected chi connectivity index (χ4v) is 3.20. The lowest BCUT2D eigenvalue weighted by atomic mass is 9.94. The summed E-state index contributed by atoms with van der Waals surface area (Å²) >= 11 is 0. The van der Waals surface area contributed by atoms with Gasteiger partial charge >= 0.3 is 0 Å². The molecule has 6 nitrogen and oxygen atoms in total. The lowest BCUT2D eigenvalue weighted by molar-refractivity contribution is -0.0553. The second kappa shape index (κ2) is 5.23. The molecular weight excluding hydrogens is 278 g/mol. The minimum absolute atomic E-state index is 0.0294. The summed E-state index contributed by atoms with van der Waals surface area (Å²) in [4.78, 5) is 0.0294. The van der Waals surface area contributed by atoms with Gasteiger partial charge in [-0.1, -0.05) is 0 Å². The minimum Gasteiger partial charge on any atom is -0.399 e. The number of nitrogens with one attached hydrogen (secondary N) is 1. The molecule has 1 atom stereocenters. The molecule has 1 aromatic carbocycles. The molecule has 1 aliphatic heterocycles. The first-order valence-corrected chi connectivity index (χ1v) is 8.05. The molecule has 0 radical (unpaired) electrons. The molecule has 20 heavy (non-hydrogen) atoms. The Labute approximate surface area is 119 Å². The van der Waals surface area contributed by atoms with Gasteiger partial charge in [0.2, 0.25) is 10.0 Å². The van der Waals surface area contributed by atoms with Gasteiger partial charge < -0.3 is 15.8 Å². The first-order chi connectivity index (χ1) is 9.17. The molecule has 5 N–H and O–H groups in total. The SMILES string of the molecule is CC1(C)CC(Nc2ccc(N)cc2S(N)(=O)=O)CCO1. The van der Waals surface area contributed by atoms with Crippen LogP contribution in [0.1, 0.15) is 26.7 Å². The van der Waals surface area contributed by atoms with Crippen LogP contribution < -0.4 is 16.2 Å². The maximum Gasteiger partial charge on any atom is 0.240 e. The number of primary sulfonamides is 1. The van der Waals surface area contributed by atoms with Gasteiger partial charge in [0.15, 0.2) is 0 Å². The first kappa shape index (κ1) is 15.1. The third-order valence-corrected chi connectivity index (χ3v) is 4.32. The topological polar surface area (TPSA) is 107 Å². The Morgan fingerprint density at radius 2 is 2.10 bits per heavy atom. The van der Waals surface area contributed by atoms with Gasteiger partial charge in [0, 0.05) is 18.3 Å². The maximum atomic E-state index is 11.6. The molecule has 2 rings (SSSR count). The molecule has 1 saturated heterocycles. The quantitative estimate of drug-likeness (QED) is 0.729. The van der Waals surface area contributed by atoms with Crippen molar-refractivity contribution < 1.29 is 13.2 Å². The van der Waals surface area contributed by atoms with Crippen LogP contribution in [-0.4, -0.2) is 26.7 Å². The Morgan fingerprint density at radius 3 is 2.70 bits per heavy atom. The Balaban J connectivity index is 2.26. The number of sulfonamides is 1. The highest BCUT2D eigenvalue weighted by atomic mass is 32.2. The third kappa shape index (κ3) is 3.62. The average molecular weight is 299 g/mol. The van der Waals surface area contributed by atoms with E-state index in [4.69, 9.17) is 15.6 Å². The summed E-state index contributed by atoms with van der Waals surface area (Å²) in [6.45, 7) is 4.68. The summed E-state index contributed by atoms with van der Waals surface area (Å²) in [5.41, 5.74) is 6.27. The lowest BCUT2D eigenvalue weighted by Gasteiger charge is -2.36. The predicted molar refractivity (Wildman–Crippen MR) is 78.9 cm³/mol. The molecule has 1 heterocycles. The van der Waals surface area contributed by atoms with Crippen molar-refractivity contribution in [2.75, 3.05) is 17.7 Å². The largest absolute Gasteiger partial charge is 0.399 e. The van der Waals surface area contributed by atoms with E-state index in [1.807, 2.05) is 13.8 Å². The van der Waals surface area contributed by atoms with Gasteiger partial charge in [-0.2, -0.15) is 0 Å². The van der Waals surface area contributed by atoms with Crippen LogP contribution in [0.15, 0.2) is 23.1 Å². The second-order valence-electron chi connectivity index (χ2n) is 5.74. The molecule has 112 valence electrons. The summed E-state index contributed by atoms with van der Waals surface area (Å²) in [6, 6.07) is 4.82. The minimum atomic E-state index is -3.81. The van der Waals surface area contributed by atoms with Crippen molar-refractivity contribution in [2.45, 2.75) is 43.2 Å². The van der Waals surface area contributed by atoms with Gasteiger partial charge in [0.1, 0.15) is 4.90 Å². The van der Waals surface area contributed by atoms with Gasteiger partial charge in [-0.15, -0.1) is 0 Å². The third-order valence-electron chi connectivity index (χ3n) is 3.37. The lowest BCUT2D eigenvalue weighted by Crippen LogP contribution is -2.40. The van der Waals surface area contributed by atoms with Crippen LogP contribution in [0.5, 0.6) is 0 Å². The van der Waals surface area contributed by atoms with Gasteiger partial charge in [-0.05, 0) is 44.9 Å². The first-order valence-electron chi connectivity index (χ1n) is 6.50. The van der Waals surface area contributed by atoms with E-state index in [0.717, 1.165) is 12.8 Å².